The summed E-state index contributed by atoms with van der Waals surface area (Å²) in [5.74, 6) is 0. The molecule has 0 saturated carbocycles. The Morgan fingerprint density at radius 1 is 0.950 bits per heavy atom. The van der Waals surface area contributed by atoms with Gasteiger partial charge in [-0.15, -0.1) is 0 Å². The fourth-order valence-electron chi connectivity index (χ4n) is 2.00. The lowest BCUT2D eigenvalue weighted by atomic mass is 10.2. The normalized spacial score (nSPS) is 10.7. The van der Waals surface area contributed by atoms with Crippen molar-refractivity contribution in [3.63, 3.8) is 0 Å². The van der Waals surface area contributed by atoms with Gasteiger partial charge >= 0.3 is 0 Å². The predicted octanol–water partition coefficient (Wildman–Crippen LogP) is 4.14. The number of H-pyrrole nitrogens is 1. The summed E-state index contributed by atoms with van der Waals surface area (Å²) in [4.78, 5) is 12.1. The summed E-state index contributed by atoms with van der Waals surface area (Å²) in [6.07, 6.45) is 0. The number of nitrogens with one attached hydrogen (secondary N) is 1. The van der Waals surface area contributed by atoms with Crippen LogP contribution in [-0.2, 0) is 0 Å². The summed E-state index contributed by atoms with van der Waals surface area (Å²) < 4.78 is 1.40. The molecule has 5 heteroatoms. The molecule has 0 unspecified atom stereocenters. The molecule has 20 heavy (non-hydrogen) atoms. The van der Waals surface area contributed by atoms with E-state index in [1.54, 1.807) is 24.3 Å². The molecule has 0 spiro atoms. The van der Waals surface area contributed by atoms with Crippen LogP contribution in [0.15, 0.2) is 59.4 Å². The van der Waals surface area contributed by atoms with Crippen molar-refractivity contribution in [3.8, 4) is 16.9 Å². The van der Waals surface area contributed by atoms with Crippen LogP contribution in [0.2, 0.25) is 10.0 Å². The van der Waals surface area contributed by atoms with E-state index in [1.165, 1.54) is 4.68 Å². The lowest BCUT2D eigenvalue weighted by Gasteiger charge is -2.05. The Morgan fingerprint density at radius 3 is 2.40 bits per heavy atom. The lowest BCUT2D eigenvalue weighted by Crippen LogP contribution is -2.13. The molecule has 0 aliphatic heterocycles. The number of hydrogen-bond donors (Lipinski definition) is 1. The second-order valence-corrected chi connectivity index (χ2v) is 5.15. The Morgan fingerprint density at radius 2 is 1.70 bits per heavy atom. The Kier molecular flexibility index (Phi) is 3.38. The molecule has 3 aromatic rings. The van der Waals surface area contributed by atoms with Gasteiger partial charge in [0.1, 0.15) is 0 Å². The van der Waals surface area contributed by atoms with Crippen molar-refractivity contribution >= 4 is 23.2 Å². The minimum absolute atomic E-state index is 0.173. The standard InChI is InChI=1S/C15H10Cl2N2O/c16-11-6-7-14(12(17)8-11)19-15(20)9-13(18-19)10-4-2-1-3-5-10/h1-9,18H. The molecule has 0 saturated heterocycles. The van der Waals surface area contributed by atoms with Gasteiger partial charge in [-0.25, -0.2) is 4.68 Å². The van der Waals surface area contributed by atoms with Gasteiger partial charge in [0.15, 0.2) is 0 Å². The maximum atomic E-state index is 12.1. The van der Waals surface area contributed by atoms with E-state index in [2.05, 4.69) is 5.10 Å². The molecule has 0 radical (unpaired) electrons. The molecule has 1 aromatic heterocycles. The van der Waals surface area contributed by atoms with Crippen molar-refractivity contribution in [2.75, 3.05) is 0 Å². The summed E-state index contributed by atoms with van der Waals surface area (Å²) in [5.41, 5.74) is 2.08. The zero-order valence-electron chi connectivity index (χ0n) is 10.3. The Balaban J connectivity index is 2.12. The summed E-state index contributed by atoms with van der Waals surface area (Å²) in [5, 5.41) is 4.00. The third kappa shape index (κ3) is 2.38. The van der Waals surface area contributed by atoms with Crippen LogP contribution in [0, 0.1) is 0 Å². The molecule has 2 aromatic carbocycles. The van der Waals surface area contributed by atoms with Crippen LogP contribution in [0.4, 0.5) is 0 Å². The van der Waals surface area contributed by atoms with Crippen molar-refractivity contribution in [3.05, 3.63) is 75.0 Å². The smallest absolute Gasteiger partial charge is 0.271 e. The van der Waals surface area contributed by atoms with E-state index in [0.29, 0.717) is 15.7 Å². The fraction of sp³-hybridized carbons (Fsp3) is 0. The summed E-state index contributed by atoms with van der Waals surface area (Å²) >= 11 is 12.0. The van der Waals surface area contributed by atoms with Crippen molar-refractivity contribution in [1.29, 1.82) is 0 Å². The van der Waals surface area contributed by atoms with Gasteiger partial charge in [-0.05, 0) is 23.8 Å². The highest BCUT2D eigenvalue weighted by Gasteiger charge is 2.10. The third-order valence-corrected chi connectivity index (χ3v) is 3.49. The SMILES string of the molecule is O=c1cc(-c2ccccc2)[nH]n1-c1ccc(Cl)cc1Cl. The van der Waals surface area contributed by atoms with Crippen LogP contribution in [0.25, 0.3) is 16.9 Å². The highest BCUT2D eigenvalue weighted by atomic mass is 35.5. The molecular formula is C15H10Cl2N2O. The zero-order valence-corrected chi connectivity index (χ0v) is 11.8. The van der Waals surface area contributed by atoms with Gasteiger partial charge in [-0.2, -0.15) is 0 Å². The molecule has 0 aliphatic carbocycles. The van der Waals surface area contributed by atoms with E-state index in [1.807, 2.05) is 30.3 Å². The highest BCUT2D eigenvalue weighted by Crippen LogP contribution is 2.24. The largest absolute Gasteiger partial charge is 0.290 e. The quantitative estimate of drug-likeness (QED) is 0.759. The molecule has 0 amide bonds. The first-order valence-electron chi connectivity index (χ1n) is 5.98. The van der Waals surface area contributed by atoms with E-state index in [-0.39, 0.29) is 5.56 Å². The van der Waals surface area contributed by atoms with E-state index in [0.717, 1.165) is 11.3 Å². The fourth-order valence-corrected chi connectivity index (χ4v) is 2.50. The Bertz CT molecular complexity index is 806. The van der Waals surface area contributed by atoms with Crippen LogP contribution < -0.4 is 5.56 Å². The van der Waals surface area contributed by atoms with Gasteiger partial charge in [-0.3, -0.25) is 9.89 Å². The van der Waals surface area contributed by atoms with Crippen LogP contribution in [0.5, 0.6) is 0 Å². The van der Waals surface area contributed by atoms with E-state index in [9.17, 15) is 4.79 Å². The van der Waals surface area contributed by atoms with Gasteiger partial charge in [-0.1, -0.05) is 53.5 Å². The van der Waals surface area contributed by atoms with Gasteiger partial charge in [0.25, 0.3) is 5.56 Å². The highest BCUT2D eigenvalue weighted by molar-refractivity contribution is 6.35. The average molecular weight is 305 g/mol. The third-order valence-electron chi connectivity index (χ3n) is 2.96. The first-order chi connectivity index (χ1) is 9.65. The van der Waals surface area contributed by atoms with Crippen LogP contribution >= 0.6 is 23.2 Å². The molecule has 100 valence electrons. The number of benzene rings is 2. The minimum atomic E-state index is -0.173. The molecular weight excluding hydrogens is 295 g/mol. The Labute approximate surface area is 125 Å². The van der Waals surface area contributed by atoms with Crippen LogP contribution in [0.3, 0.4) is 0 Å². The van der Waals surface area contributed by atoms with Crippen molar-refractivity contribution in [2.24, 2.45) is 0 Å². The Hall–Kier alpha value is -1.97. The first-order valence-corrected chi connectivity index (χ1v) is 6.73. The summed E-state index contributed by atoms with van der Waals surface area (Å²) in [6.45, 7) is 0. The molecule has 0 bridgehead atoms. The molecule has 1 N–H and O–H groups in total. The monoisotopic (exact) mass is 304 g/mol. The molecule has 1 heterocycles. The topological polar surface area (TPSA) is 37.8 Å². The second kappa shape index (κ2) is 5.19. The average Bonchev–Trinajstić information content (AvgIpc) is 2.82. The van der Waals surface area contributed by atoms with Crippen LogP contribution in [-0.4, -0.2) is 9.78 Å². The summed E-state index contributed by atoms with van der Waals surface area (Å²) in [7, 11) is 0. The summed E-state index contributed by atoms with van der Waals surface area (Å²) in [6, 6.07) is 16.2. The first kappa shape index (κ1) is 13.0. The maximum Gasteiger partial charge on any atom is 0.271 e. The van der Waals surface area contributed by atoms with Crippen molar-refractivity contribution < 1.29 is 0 Å². The number of nitrogens with zero attached hydrogens (tertiary/aromatic N) is 1. The van der Waals surface area contributed by atoms with Crippen LogP contribution in [0.1, 0.15) is 0 Å². The van der Waals surface area contributed by atoms with Gasteiger partial charge in [0.05, 0.1) is 16.4 Å². The lowest BCUT2D eigenvalue weighted by molar-refractivity contribution is 0.853. The predicted molar refractivity (Wildman–Crippen MR) is 81.8 cm³/mol. The van der Waals surface area contributed by atoms with Crippen molar-refractivity contribution in [1.82, 2.24) is 9.78 Å². The number of halogens is 2. The van der Waals surface area contributed by atoms with E-state index >= 15 is 0 Å². The van der Waals surface area contributed by atoms with Gasteiger partial charge in [0, 0.05) is 11.1 Å². The number of aromatic nitrogens is 2. The second-order valence-electron chi connectivity index (χ2n) is 4.31. The van der Waals surface area contributed by atoms with Crippen molar-refractivity contribution in [2.45, 2.75) is 0 Å². The molecule has 3 rings (SSSR count). The maximum absolute atomic E-state index is 12.1. The zero-order chi connectivity index (χ0) is 14.1. The number of hydrogen-bond acceptors (Lipinski definition) is 1. The number of aromatic amines is 1. The molecule has 0 fully saturated rings. The molecule has 0 aliphatic rings. The van der Waals surface area contributed by atoms with E-state index in [4.69, 9.17) is 23.2 Å². The number of rotatable bonds is 2. The van der Waals surface area contributed by atoms with Gasteiger partial charge < -0.3 is 0 Å². The van der Waals surface area contributed by atoms with Gasteiger partial charge in [0.2, 0.25) is 0 Å². The van der Waals surface area contributed by atoms with E-state index < -0.39 is 0 Å². The molecule has 3 nitrogen and oxygen atoms in total. The molecule has 0 atom stereocenters. The minimum Gasteiger partial charge on any atom is -0.290 e.